The number of hydrogen-bond acceptors (Lipinski definition) is 5. The number of fused-ring (bicyclic) bond motifs is 1. The van der Waals surface area contributed by atoms with Crippen LogP contribution in [0.25, 0.3) is 32.5 Å². The highest BCUT2D eigenvalue weighted by atomic mass is 32.1. The molecule has 0 atom stereocenters. The van der Waals surface area contributed by atoms with Crippen molar-refractivity contribution >= 4 is 11.3 Å². The van der Waals surface area contributed by atoms with Crippen LogP contribution in [-0.2, 0) is 12.8 Å². The summed E-state index contributed by atoms with van der Waals surface area (Å²) in [6.07, 6.45) is 8.17. The Bertz CT molecular complexity index is 1080. The third kappa shape index (κ3) is 2.96. The lowest BCUT2D eigenvalue weighted by molar-refractivity contribution is 0.678. The van der Waals surface area contributed by atoms with Crippen molar-refractivity contribution in [3.05, 3.63) is 59.4 Å². The highest BCUT2D eigenvalue weighted by molar-refractivity contribution is 7.18. The fourth-order valence-electron chi connectivity index (χ4n) is 3.67. The Morgan fingerprint density at radius 2 is 1.67 bits per heavy atom. The van der Waals surface area contributed by atoms with E-state index in [0.717, 1.165) is 45.4 Å². The molecule has 5 rings (SSSR count). The molecule has 4 aromatic heterocycles. The Morgan fingerprint density at radius 1 is 0.889 bits per heavy atom. The van der Waals surface area contributed by atoms with Gasteiger partial charge in [0, 0.05) is 12.4 Å². The maximum atomic E-state index is 4.63. The van der Waals surface area contributed by atoms with Crippen LogP contribution in [0, 0.1) is 6.92 Å². The molecule has 0 radical (unpaired) electrons. The van der Waals surface area contributed by atoms with E-state index >= 15 is 0 Å². The molecule has 0 fully saturated rings. The molecule has 4 heterocycles. The van der Waals surface area contributed by atoms with E-state index in [1.807, 2.05) is 12.3 Å². The summed E-state index contributed by atoms with van der Waals surface area (Å²) in [6, 6.07) is 10.4. The number of nitrogens with zero attached hydrogens (tertiary/aromatic N) is 4. The first kappa shape index (κ1) is 16.3. The Hall–Kier alpha value is -2.86. The number of nitrogens with one attached hydrogen (secondary N) is 1. The largest absolute Gasteiger partial charge is 0.276 e. The van der Waals surface area contributed by atoms with Crippen LogP contribution in [0.2, 0.25) is 0 Å². The van der Waals surface area contributed by atoms with Crippen molar-refractivity contribution < 1.29 is 0 Å². The molecule has 27 heavy (non-hydrogen) atoms. The monoisotopic (exact) mass is 373 g/mol. The van der Waals surface area contributed by atoms with Crippen LogP contribution < -0.4 is 0 Å². The first-order valence-corrected chi connectivity index (χ1v) is 10.0. The van der Waals surface area contributed by atoms with Crippen molar-refractivity contribution in [2.45, 2.75) is 32.6 Å². The van der Waals surface area contributed by atoms with Gasteiger partial charge in [0.2, 0.25) is 0 Å². The average molecular weight is 373 g/mol. The van der Waals surface area contributed by atoms with Crippen molar-refractivity contribution in [3.63, 3.8) is 0 Å². The molecule has 0 saturated carbocycles. The Labute approximate surface area is 161 Å². The molecule has 1 aliphatic rings. The van der Waals surface area contributed by atoms with Crippen molar-refractivity contribution in [1.29, 1.82) is 0 Å². The fourth-order valence-corrected chi connectivity index (χ4v) is 4.66. The quantitative estimate of drug-likeness (QED) is 0.558. The molecular formula is C21H19N5S. The van der Waals surface area contributed by atoms with Crippen LogP contribution in [0.5, 0.6) is 0 Å². The van der Waals surface area contributed by atoms with Crippen molar-refractivity contribution in [3.8, 4) is 32.5 Å². The van der Waals surface area contributed by atoms with Gasteiger partial charge in [0.1, 0.15) is 11.4 Å². The standard InChI is InChI=1S/C21H19N5S/c1-13-6-7-16(22-12-13)18-8-9-19(27-18)21-15-5-3-2-4-14(15)20(25-26-21)17-10-11-23-24-17/h6-12H,2-5H2,1H3,(H,23,24). The van der Waals surface area contributed by atoms with E-state index in [1.165, 1.54) is 29.5 Å². The highest BCUT2D eigenvalue weighted by Crippen LogP contribution is 2.38. The second-order valence-electron chi connectivity index (χ2n) is 6.92. The summed E-state index contributed by atoms with van der Waals surface area (Å²) >= 11 is 1.74. The average Bonchev–Trinajstić information content (AvgIpc) is 3.40. The van der Waals surface area contributed by atoms with Gasteiger partial charge in [0.05, 0.1) is 21.1 Å². The van der Waals surface area contributed by atoms with Gasteiger partial charge >= 0.3 is 0 Å². The minimum Gasteiger partial charge on any atom is -0.276 e. The summed E-state index contributed by atoms with van der Waals surface area (Å²) in [5.74, 6) is 0. The Balaban J connectivity index is 1.59. The predicted molar refractivity (Wildman–Crippen MR) is 108 cm³/mol. The number of aromatic amines is 1. The van der Waals surface area contributed by atoms with E-state index in [-0.39, 0.29) is 0 Å². The molecule has 1 N–H and O–H groups in total. The zero-order chi connectivity index (χ0) is 18.2. The van der Waals surface area contributed by atoms with Gasteiger partial charge in [-0.25, -0.2) is 0 Å². The number of pyridine rings is 1. The van der Waals surface area contributed by atoms with E-state index in [9.17, 15) is 0 Å². The molecule has 6 heteroatoms. The third-order valence-electron chi connectivity index (χ3n) is 5.05. The van der Waals surface area contributed by atoms with Gasteiger partial charge < -0.3 is 0 Å². The van der Waals surface area contributed by atoms with Crippen LogP contribution in [0.3, 0.4) is 0 Å². The number of hydrogen-bond donors (Lipinski definition) is 1. The summed E-state index contributed by atoms with van der Waals surface area (Å²) in [7, 11) is 0. The summed E-state index contributed by atoms with van der Waals surface area (Å²) < 4.78 is 0. The SMILES string of the molecule is Cc1ccc(-c2ccc(-c3nnc(-c4ccn[nH]4)c4c3CCCC4)s2)nc1. The Kier molecular flexibility index (Phi) is 4.05. The second kappa shape index (κ2) is 6.70. The number of rotatable bonds is 3. The van der Waals surface area contributed by atoms with Crippen molar-refractivity contribution in [2.75, 3.05) is 0 Å². The van der Waals surface area contributed by atoms with Gasteiger partial charge in [-0.15, -0.1) is 21.5 Å². The van der Waals surface area contributed by atoms with E-state index in [0.29, 0.717) is 0 Å². The van der Waals surface area contributed by atoms with Gasteiger partial charge in [0.15, 0.2) is 0 Å². The lowest BCUT2D eigenvalue weighted by Crippen LogP contribution is -2.10. The Morgan fingerprint density at radius 3 is 2.41 bits per heavy atom. The molecule has 4 aromatic rings. The fraction of sp³-hybridized carbons (Fsp3) is 0.238. The maximum absolute atomic E-state index is 4.63. The van der Waals surface area contributed by atoms with Gasteiger partial charge in [-0.05, 0) is 73.6 Å². The van der Waals surface area contributed by atoms with Gasteiger partial charge in [-0.1, -0.05) is 6.07 Å². The lowest BCUT2D eigenvalue weighted by Gasteiger charge is -2.20. The van der Waals surface area contributed by atoms with Crippen LogP contribution in [0.1, 0.15) is 29.5 Å². The number of thiophene rings is 1. The first-order valence-electron chi connectivity index (χ1n) is 9.21. The smallest absolute Gasteiger partial charge is 0.114 e. The number of aryl methyl sites for hydroxylation is 1. The molecule has 5 nitrogen and oxygen atoms in total. The van der Waals surface area contributed by atoms with E-state index < -0.39 is 0 Å². The molecular weight excluding hydrogens is 354 g/mol. The zero-order valence-electron chi connectivity index (χ0n) is 15.1. The predicted octanol–water partition coefficient (Wildman–Crippen LogP) is 4.84. The molecule has 0 bridgehead atoms. The van der Waals surface area contributed by atoms with E-state index in [2.05, 4.69) is 56.6 Å². The highest BCUT2D eigenvalue weighted by Gasteiger charge is 2.22. The molecule has 134 valence electrons. The zero-order valence-corrected chi connectivity index (χ0v) is 15.9. The third-order valence-corrected chi connectivity index (χ3v) is 6.16. The summed E-state index contributed by atoms with van der Waals surface area (Å²) in [6.45, 7) is 2.06. The van der Waals surface area contributed by atoms with Gasteiger partial charge in [-0.3, -0.25) is 10.1 Å². The normalized spacial score (nSPS) is 13.5. The molecule has 0 aliphatic heterocycles. The van der Waals surface area contributed by atoms with Gasteiger partial charge in [-0.2, -0.15) is 5.10 Å². The van der Waals surface area contributed by atoms with Crippen LogP contribution in [-0.4, -0.2) is 25.4 Å². The van der Waals surface area contributed by atoms with Crippen LogP contribution in [0.4, 0.5) is 0 Å². The minimum atomic E-state index is 0.947. The summed E-state index contributed by atoms with van der Waals surface area (Å²) in [5.41, 5.74) is 7.75. The first-order chi connectivity index (χ1) is 13.3. The molecule has 0 amide bonds. The molecule has 1 aliphatic carbocycles. The second-order valence-corrected chi connectivity index (χ2v) is 8.00. The molecule has 0 aromatic carbocycles. The van der Waals surface area contributed by atoms with E-state index in [4.69, 9.17) is 0 Å². The number of H-pyrrole nitrogens is 1. The van der Waals surface area contributed by atoms with E-state index in [1.54, 1.807) is 17.5 Å². The minimum absolute atomic E-state index is 0.947. The van der Waals surface area contributed by atoms with Crippen LogP contribution >= 0.6 is 11.3 Å². The van der Waals surface area contributed by atoms with Gasteiger partial charge in [0.25, 0.3) is 0 Å². The molecule has 0 unspecified atom stereocenters. The molecule has 0 saturated heterocycles. The summed E-state index contributed by atoms with van der Waals surface area (Å²) in [5, 5.41) is 16.3. The van der Waals surface area contributed by atoms with Crippen molar-refractivity contribution in [2.24, 2.45) is 0 Å². The molecule has 0 spiro atoms. The van der Waals surface area contributed by atoms with Crippen LogP contribution in [0.15, 0.2) is 42.7 Å². The van der Waals surface area contributed by atoms with Crippen molar-refractivity contribution in [1.82, 2.24) is 25.4 Å². The summed E-state index contributed by atoms with van der Waals surface area (Å²) in [4.78, 5) is 6.88. The topological polar surface area (TPSA) is 67.3 Å². The lowest BCUT2D eigenvalue weighted by atomic mass is 9.89. The maximum Gasteiger partial charge on any atom is 0.114 e. The number of aromatic nitrogens is 5.